The molecule has 1 aliphatic rings. The van der Waals surface area contributed by atoms with Gasteiger partial charge in [0.2, 0.25) is 0 Å². The Balaban J connectivity index is 1.46. The second kappa shape index (κ2) is 6.42. The average molecular weight is 363 g/mol. The van der Waals surface area contributed by atoms with Crippen LogP contribution in [0.4, 0.5) is 0 Å². The number of rotatable bonds is 5. The zero-order valence-corrected chi connectivity index (χ0v) is 15.3. The Morgan fingerprint density at radius 3 is 2.62 bits per heavy atom. The van der Waals surface area contributed by atoms with Crippen LogP contribution in [0.15, 0.2) is 52.8 Å². The number of aromatic carboxylic acids is 1. The van der Waals surface area contributed by atoms with E-state index in [9.17, 15) is 9.90 Å². The summed E-state index contributed by atoms with van der Waals surface area (Å²) in [6.45, 7) is 4.39. The van der Waals surface area contributed by atoms with E-state index in [2.05, 4.69) is 36.2 Å². The summed E-state index contributed by atoms with van der Waals surface area (Å²) < 4.78 is 6.82. The topological polar surface area (TPSA) is 58.9 Å². The number of thiophene rings is 1. The Bertz CT molecular complexity index is 1070. The molecule has 0 unspecified atom stereocenters. The Kier molecular flexibility index (Phi) is 4.09. The first-order valence-corrected chi connectivity index (χ1v) is 9.13. The van der Waals surface area contributed by atoms with Crippen LogP contribution in [0.5, 0.6) is 5.75 Å². The molecule has 3 aromatic rings. The van der Waals surface area contributed by atoms with E-state index >= 15 is 0 Å². The van der Waals surface area contributed by atoms with Crippen LogP contribution in [0.3, 0.4) is 0 Å². The second-order valence-corrected chi connectivity index (χ2v) is 7.27. The first kappa shape index (κ1) is 16.5. The number of aliphatic imine (C=N–C) groups is 1. The number of aryl methyl sites for hydroxylation is 2. The average Bonchev–Trinajstić information content (AvgIpc) is 2.97. The number of carbonyl (C=O) groups is 1. The van der Waals surface area contributed by atoms with Gasteiger partial charge >= 0.3 is 5.97 Å². The van der Waals surface area contributed by atoms with Gasteiger partial charge in [-0.1, -0.05) is 29.8 Å². The Labute approximate surface area is 155 Å². The molecule has 1 aliphatic heterocycles. The van der Waals surface area contributed by atoms with Gasteiger partial charge in [-0.25, -0.2) is 9.79 Å². The highest BCUT2D eigenvalue weighted by molar-refractivity contribution is 7.17. The summed E-state index contributed by atoms with van der Waals surface area (Å²) in [5, 5.41) is 11.7. The van der Waals surface area contributed by atoms with Crippen LogP contribution in [0, 0.1) is 13.8 Å². The molecular formula is C21H17NO3S. The molecule has 0 spiro atoms. The number of nitrogens with zero attached hydrogens (tertiary/aromatic N) is 1. The molecular weight excluding hydrogens is 346 g/mol. The lowest BCUT2D eigenvalue weighted by Gasteiger charge is -2.16. The molecule has 4 nitrogen and oxygen atoms in total. The van der Waals surface area contributed by atoms with E-state index in [0.29, 0.717) is 12.2 Å². The summed E-state index contributed by atoms with van der Waals surface area (Å²) in [7, 11) is 0. The molecule has 0 fully saturated rings. The van der Waals surface area contributed by atoms with Crippen LogP contribution in [0.25, 0.3) is 15.8 Å². The van der Waals surface area contributed by atoms with Crippen LogP contribution in [-0.2, 0) is 0 Å². The van der Waals surface area contributed by atoms with Crippen molar-refractivity contribution in [1.29, 1.82) is 0 Å². The van der Waals surface area contributed by atoms with Crippen molar-refractivity contribution in [3.05, 3.63) is 70.1 Å². The van der Waals surface area contributed by atoms with Crippen molar-refractivity contribution in [1.82, 2.24) is 0 Å². The lowest BCUT2D eigenvalue weighted by atomic mass is 10.1. The fourth-order valence-corrected chi connectivity index (χ4v) is 3.84. The summed E-state index contributed by atoms with van der Waals surface area (Å²) in [5.74, 6) is -0.141. The fourth-order valence-electron chi connectivity index (χ4n) is 2.89. The van der Waals surface area contributed by atoms with E-state index in [1.807, 2.05) is 25.1 Å². The van der Waals surface area contributed by atoms with Crippen LogP contribution < -0.4 is 4.74 Å². The van der Waals surface area contributed by atoms with Gasteiger partial charge in [0.05, 0.1) is 17.0 Å². The Morgan fingerprint density at radius 1 is 1.19 bits per heavy atom. The van der Waals surface area contributed by atoms with Crippen molar-refractivity contribution in [3.63, 3.8) is 0 Å². The summed E-state index contributed by atoms with van der Waals surface area (Å²) in [6, 6.07) is 12.1. The highest BCUT2D eigenvalue weighted by Gasteiger charge is 2.16. The van der Waals surface area contributed by atoms with Crippen LogP contribution >= 0.6 is 11.3 Å². The minimum Gasteiger partial charge on any atom is -0.487 e. The smallest absolute Gasteiger partial charge is 0.337 e. The molecule has 0 aliphatic carbocycles. The van der Waals surface area contributed by atoms with E-state index in [1.54, 1.807) is 5.38 Å². The second-order valence-electron chi connectivity index (χ2n) is 6.36. The monoisotopic (exact) mass is 363 g/mol. The first-order valence-electron chi connectivity index (χ1n) is 8.25. The number of fused-ring (bicyclic) bond motifs is 1. The molecule has 1 N–H and O–H groups in total. The van der Waals surface area contributed by atoms with Crippen LogP contribution in [0.1, 0.15) is 27.0 Å². The van der Waals surface area contributed by atoms with Gasteiger partial charge in [-0.15, -0.1) is 11.3 Å². The standard InChI is InChI=1S/C21H17NO3S/c1-12-3-5-14(6-4-12)18-8-15(22-18)10-25-19-9-20-16(7-13(19)2)17(11-26-20)21(23)24/h3-9,11H,10H2,1-2H3,(H,23,24). The SMILES string of the molecule is Cc1ccc(C2=CC(COc3cc4scc(C(=O)O)c4cc3C)=N2)cc1. The number of hydrogen-bond acceptors (Lipinski definition) is 4. The molecule has 0 radical (unpaired) electrons. The Morgan fingerprint density at radius 2 is 1.92 bits per heavy atom. The molecule has 0 saturated carbocycles. The summed E-state index contributed by atoms with van der Waals surface area (Å²) in [5.41, 5.74) is 5.47. The number of carboxylic acid groups (broad SMARTS) is 1. The lowest BCUT2D eigenvalue weighted by molar-refractivity contribution is 0.0699. The Hall–Kier alpha value is -2.92. The van der Waals surface area contributed by atoms with Gasteiger partial charge in [-0.2, -0.15) is 0 Å². The maximum Gasteiger partial charge on any atom is 0.337 e. The highest BCUT2D eigenvalue weighted by Crippen LogP contribution is 2.33. The van der Waals surface area contributed by atoms with Crippen molar-refractivity contribution >= 4 is 38.8 Å². The van der Waals surface area contributed by atoms with Gasteiger partial charge in [-0.3, -0.25) is 0 Å². The van der Waals surface area contributed by atoms with Gasteiger partial charge in [0.15, 0.2) is 0 Å². The normalized spacial score (nSPS) is 13.2. The van der Waals surface area contributed by atoms with Crippen molar-refractivity contribution in [3.8, 4) is 5.75 Å². The van der Waals surface area contributed by atoms with Crippen molar-refractivity contribution in [2.45, 2.75) is 13.8 Å². The van der Waals surface area contributed by atoms with Gasteiger partial charge in [0.1, 0.15) is 12.4 Å². The first-order chi connectivity index (χ1) is 12.5. The van der Waals surface area contributed by atoms with E-state index < -0.39 is 5.97 Å². The highest BCUT2D eigenvalue weighted by atomic mass is 32.1. The molecule has 5 heteroatoms. The predicted octanol–water partition coefficient (Wildman–Crippen LogP) is 5.09. The van der Waals surface area contributed by atoms with E-state index in [-0.39, 0.29) is 0 Å². The number of benzene rings is 2. The molecule has 26 heavy (non-hydrogen) atoms. The largest absolute Gasteiger partial charge is 0.487 e. The molecule has 0 saturated heterocycles. The third-order valence-corrected chi connectivity index (χ3v) is 5.34. The van der Waals surface area contributed by atoms with Gasteiger partial charge in [0.25, 0.3) is 0 Å². The van der Waals surface area contributed by atoms with Gasteiger partial charge < -0.3 is 9.84 Å². The molecule has 4 rings (SSSR count). The number of carboxylic acids is 1. The third kappa shape index (κ3) is 3.02. The molecule has 2 heterocycles. The quantitative estimate of drug-likeness (QED) is 0.687. The predicted molar refractivity (Wildman–Crippen MR) is 106 cm³/mol. The van der Waals surface area contributed by atoms with Crippen molar-refractivity contribution < 1.29 is 14.6 Å². The maximum atomic E-state index is 11.3. The van der Waals surface area contributed by atoms with Crippen LogP contribution in [0.2, 0.25) is 0 Å². The molecule has 130 valence electrons. The maximum absolute atomic E-state index is 11.3. The van der Waals surface area contributed by atoms with E-state index in [0.717, 1.165) is 38.4 Å². The molecule has 0 atom stereocenters. The van der Waals surface area contributed by atoms with E-state index in [4.69, 9.17) is 4.74 Å². The third-order valence-electron chi connectivity index (χ3n) is 4.39. The zero-order valence-electron chi connectivity index (χ0n) is 14.4. The molecule has 2 aromatic carbocycles. The van der Waals surface area contributed by atoms with E-state index in [1.165, 1.54) is 16.9 Å². The number of ether oxygens (including phenoxy) is 1. The molecule has 1 aromatic heterocycles. The fraction of sp³-hybridized carbons (Fsp3) is 0.143. The molecule has 0 bridgehead atoms. The van der Waals surface area contributed by atoms with Crippen LogP contribution in [-0.4, -0.2) is 23.4 Å². The number of hydrogen-bond donors (Lipinski definition) is 1. The zero-order chi connectivity index (χ0) is 18.3. The summed E-state index contributed by atoms with van der Waals surface area (Å²) in [6.07, 6.45) is 2.03. The van der Waals surface area contributed by atoms with Crippen molar-refractivity contribution in [2.75, 3.05) is 6.61 Å². The minimum atomic E-state index is -0.901. The van der Waals surface area contributed by atoms with Gasteiger partial charge in [0, 0.05) is 21.0 Å². The van der Waals surface area contributed by atoms with Gasteiger partial charge in [-0.05, 0) is 37.6 Å². The van der Waals surface area contributed by atoms with Crippen molar-refractivity contribution in [2.24, 2.45) is 4.99 Å². The minimum absolute atomic E-state index is 0.341. The summed E-state index contributed by atoms with van der Waals surface area (Å²) >= 11 is 1.41. The molecule has 0 amide bonds. The summed E-state index contributed by atoms with van der Waals surface area (Å²) in [4.78, 5) is 15.8. The lowest BCUT2D eigenvalue weighted by Crippen LogP contribution is -2.15.